The molecule has 1 aromatic heterocycles. The molecule has 1 fully saturated rings. The van der Waals surface area contributed by atoms with E-state index in [1.165, 1.54) is 4.31 Å². The number of hydrogen-bond acceptors (Lipinski definition) is 5. The normalized spacial score (nSPS) is 22.6. The number of methoxy groups -OCH3 is 1. The lowest BCUT2D eigenvalue weighted by Gasteiger charge is -2.16. The minimum atomic E-state index is -3.53. The minimum absolute atomic E-state index is 0.117. The maximum Gasteiger partial charge on any atom is 0.243 e. The lowest BCUT2D eigenvalue weighted by Crippen LogP contribution is -2.30. The smallest absolute Gasteiger partial charge is 0.243 e. The van der Waals surface area contributed by atoms with E-state index in [0.717, 1.165) is 11.3 Å². The summed E-state index contributed by atoms with van der Waals surface area (Å²) in [6.07, 6.45) is 1.57. The van der Waals surface area contributed by atoms with Gasteiger partial charge in [-0.2, -0.15) is 4.31 Å². The van der Waals surface area contributed by atoms with Crippen molar-refractivity contribution >= 4 is 10.0 Å². The molecule has 1 aliphatic rings. The van der Waals surface area contributed by atoms with E-state index in [9.17, 15) is 8.42 Å². The first-order valence-corrected chi connectivity index (χ1v) is 8.81. The van der Waals surface area contributed by atoms with Gasteiger partial charge in [0.15, 0.2) is 0 Å². The maximum absolute atomic E-state index is 12.8. The second kappa shape index (κ2) is 6.03. The zero-order chi connectivity index (χ0) is 16.6. The summed E-state index contributed by atoms with van der Waals surface area (Å²) in [5, 5.41) is 8.04. The molecular formula is C15H20N4O3S. The highest BCUT2D eigenvalue weighted by Crippen LogP contribution is 2.32. The van der Waals surface area contributed by atoms with Crippen LogP contribution in [0.1, 0.15) is 17.2 Å². The molecule has 1 saturated heterocycles. The van der Waals surface area contributed by atoms with Crippen LogP contribution < -0.4 is 0 Å². The molecule has 124 valence electrons. The molecular weight excluding hydrogens is 316 g/mol. The fourth-order valence-corrected chi connectivity index (χ4v) is 4.33. The molecule has 0 radical (unpaired) electrons. The van der Waals surface area contributed by atoms with E-state index in [-0.39, 0.29) is 12.0 Å². The SMILES string of the molecule is CO[C@@H]1CN(S(=O)(=O)c2ccc(C)cc2)C[C@H]1c1cn(C)nn1. The zero-order valence-electron chi connectivity index (χ0n) is 13.4. The number of rotatable bonds is 4. The molecule has 1 aliphatic heterocycles. The third-order valence-electron chi connectivity index (χ3n) is 4.19. The molecule has 3 rings (SSSR count). The van der Waals surface area contributed by atoms with Gasteiger partial charge in [0, 0.05) is 39.4 Å². The highest BCUT2D eigenvalue weighted by atomic mass is 32.2. The summed E-state index contributed by atoms with van der Waals surface area (Å²) in [4.78, 5) is 0.303. The average molecular weight is 336 g/mol. The molecule has 0 saturated carbocycles. The first-order chi connectivity index (χ1) is 10.9. The second-order valence-corrected chi connectivity index (χ2v) is 7.77. The molecule has 7 nitrogen and oxygen atoms in total. The lowest BCUT2D eigenvalue weighted by atomic mass is 10.0. The quantitative estimate of drug-likeness (QED) is 0.830. The Kier molecular flexibility index (Phi) is 4.22. The van der Waals surface area contributed by atoms with Gasteiger partial charge in [-0.05, 0) is 19.1 Å². The van der Waals surface area contributed by atoms with E-state index in [2.05, 4.69) is 10.3 Å². The van der Waals surface area contributed by atoms with Gasteiger partial charge < -0.3 is 4.74 Å². The van der Waals surface area contributed by atoms with Gasteiger partial charge in [-0.1, -0.05) is 22.9 Å². The Morgan fingerprint density at radius 1 is 1.22 bits per heavy atom. The lowest BCUT2D eigenvalue weighted by molar-refractivity contribution is 0.101. The van der Waals surface area contributed by atoms with E-state index in [4.69, 9.17) is 4.74 Å². The Morgan fingerprint density at radius 3 is 2.48 bits per heavy atom. The van der Waals surface area contributed by atoms with Crippen LogP contribution in [0.25, 0.3) is 0 Å². The van der Waals surface area contributed by atoms with Crippen molar-refractivity contribution in [3.63, 3.8) is 0 Å². The van der Waals surface area contributed by atoms with Gasteiger partial charge in [-0.25, -0.2) is 8.42 Å². The zero-order valence-corrected chi connectivity index (χ0v) is 14.2. The number of aryl methyl sites for hydroxylation is 2. The maximum atomic E-state index is 12.8. The van der Waals surface area contributed by atoms with Crippen molar-refractivity contribution in [1.82, 2.24) is 19.3 Å². The van der Waals surface area contributed by atoms with E-state index in [1.54, 1.807) is 49.3 Å². The summed E-state index contributed by atoms with van der Waals surface area (Å²) in [6.45, 7) is 2.58. The van der Waals surface area contributed by atoms with E-state index < -0.39 is 10.0 Å². The fourth-order valence-electron chi connectivity index (χ4n) is 2.85. The summed E-state index contributed by atoms with van der Waals surface area (Å²) in [7, 11) is -0.155. The number of aromatic nitrogens is 3. The van der Waals surface area contributed by atoms with Crippen LogP contribution in [0, 0.1) is 6.92 Å². The molecule has 0 spiro atoms. The van der Waals surface area contributed by atoms with Gasteiger partial charge in [0.2, 0.25) is 10.0 Å². The number of hydrogen-bond donors (Lipinski definition) is 0. The molecule has 2 aromatic rings. The monoisotopic (exact) mass is 336 g/mol. The summed E-state index contributed by atoms with van der Waals surface area (Å²) < 4.78 is 34.2. The van der Waals surface area contributed by atoms with Crippen LogP contribution in [0.3, 0.4) is 0 Å². The van der Waals surface area contributed by atoms with Crippen LogP contribution in [0.5, 0.6) is 0 Å². The minimum Gasteiger partial charge on any atom is -0.379 e. The summed E-state index contributed by atoms with van der Waals surface area (Å²) in [6, 6.07) is 6.89. The van der Waals surface area contributed by atoms with E-state index in [0.29, 0.717) is 18.0 Å². The molecule has 1 aromatic carbocycles. The third kappa shape index (κ3) is 3.01. The van der Waals surface area contributed by atoms with Crippen molar-refractivity contribution in [2.24, 2.45) is 7.05 Å². The third-order valence-corrected chi connectivity index (χ3v) is 6.04. The first kappa shape index (κ1) is 16.1. The highest BCUT2D eigenvalue weighted by molar-refractivity contribution is 7.89. The Balaban J connectivity index is 1.88. The van der Waals surface area contributed by atoms with Crippen LogP contribution in [-0.2, 0) is 21.8 Å². The number of nitrogens with zero attached hydrogens (tertiary/aromatic N) is 4. The van der Waals surface area contributed by atoms with Crippen LogP contribution in [0.2, 0.25) is 0 Å². The van der Waals surface area contributed by atoms with Gasteiger partial charge in [0.05, 0.1) is 16.7 Å². The van der Waals surface area contributed by atoms with E-state index >= 15 is 0 Å². The van der Waals surface area contributed by atoms with Gasteiger partial charge in [0.25, 0.3) is 0 Å². The van der Waals surface area contributed by atoms with Crippen LogP contribution >= 0.6 is 0 Å². The number of benzene rings is 1. The van der Waals surface area contributed by atoms with Gasteiger partial charge >= 0.3 is 0 Å². The molecule has 0 aliphatic carbocycles. The van der Waals surface area contributed by atoms with Crippen LogP contribution in [0.4, 0.5) is 0 Å². The average Bonchev–Trinajstić information content (AvgIpc) is 3.13. The molecule has 0 unspecified atom stereocenters. The molecule has 2 atom stereocenters. The van der Waals surface area contributed by atoms with E-state index in [1.807, 2.05) is 6.92 Å². The van der Waals surface area contributed by atoms with Crippen LogP contribution in [0.15, 0.2) is 35.4 Å². The largest absolute Gasteiger partial charge is 0.379 e. The fraction of sp³-hybridized carbons (Fsp3) is 0.467. The van der Waals surface area contributed by atoms with Crippen molar-refractivity contribution < 1.29 is 13.2 Å². The molecule has 8 heteroatoms. The first-order valence-electron chi connectivity index (χ1n) is 7.37. The van der Waals surface area contributed by atoms with Crippen molar-refractivity contribution in [3.05, 3.63) is 41.7 Å². The molecule has 2 heterocycles. The summed E-state index contributed by atoms with van der Waals surface area (Å²) >= 11 is 0. The van der Waals surface area contributed by atoms with Gasteiger partial charge in [-0.3, -0.25) is 4.68 Å². The van der Waals surface area contributed by atoms with Gasteiger partial charge in [-0.15, -0.1) is 5.10 Å². The standard InChI is InChI=1S/C15H20N4O3S/c1-11-4-6-12(7-5-11)23(20,21)19-8-13(15(10-19)22-3)14-9-18(2)17-16-14/h4-7,9,13,15H,8,10H2,1-3H3/t13-,15+/m0/s1. The predicted molar refractivity (Wildman–Crippen MR) is 84.5 cm³/mol. The topological polar surface area (TPSA) is 77.3 Å². The van der Waals surface area contributed by atoms with Crippen molar-refractivity contribution in [1.29, 1.82) is 0 Å². The second-order valence-electron chi connectivity index (χ2n) is 5.83. The molecule has 0 amide bonds. The Labute approximate surface area is 135 Å². The summed E-state index contributed by atoms with van der Waals surface area (Å²) in [5.74, 6) is -0.117. The van der Waals surface area contributed by atoms with Crippen molar-refractivity contribution in [3.8, 4) is 0 Å². The van der Waals surface area contributed by atoms with Crippen LogP contribution in [-0.4, -0.2) is 54.0 Å². The molecule has 0 bridgehead atoms. The van der Waals surface area contributed by atoms with Crippen molar-refractivity contribution in [2.45, 2.75) is 23.8 Å². The Bertz CT molecular complexity index is 785. The number of ether oxygens (including phenoxy) is 1. The predicted octanol–water partition coefficient (Wildman–Crippen LogP) is 0.927. The Morgan fingerprint density at radius 2 is 1.91 bits per heavy atom. The summed E-state index contributed by atoms with van der Waals surface area (Å²) in [5.41, 5.74) is 1.78. The number of sulfonamides is 1. The molecule has 23 heavy (non-hydrogen) atoms. The van der Waals surface area contributed by atoms with Crippen molar-refractivity contribution in [2.75, 3.05) is 20.2 Å². The highest BCUT2D eigenvalue weighted by Gasteiger charge is 2.41. The molecule has 0 N–H and O–H groups in total. The van der Waals surface area contributed by atoms with Gasteiger partial charge in [0.1, 0.15) is 0 Å². The Hall–Kier alpha value is -1.77.